The van der Waals surface area contributed by atoms with Crippen LogP contribution in [0.3, 0.4) is 0 Å². The molecule has 0 amide bonds. The lowest BCUT2D eigenvalue weighted by Crippen LogP contribution is -2.39. The topological polar surface area (TPSA) is 38.5 Å². The van der Waals surface area contributed by atoms with Gasteiger partial charge in [0.05, 0.1) is 0 Å². The van der Waals surface area contributed by atoms with Gasteiger partial charge < -0.3 is 10.5 Å². The Kier molecular flexibility index (Phi) is 4.79. The highest BCUT2D eigenvalue weighted by atomic mass is 16.5. The van der Waals surface area contributed by atoms with Gasteiger partial charge in [-0.3, -0.25) is 4.90 Å². The minimum absolute atomic E-state index is 0.399. The maximum atomic E-state index is 5.91. The summed E-state index contributed by atoms with van der Waals surface area (Å²) < 4.78 is 5.47. The van der Waals surface area contributed by atoms with E-state index in [1.54, 1.807) is 6.08 Å². The first-order valence-corrected chi connectivity index (χ1v) is 6.58. The molecule has 0 radical (unpaired) electrons. The van der Waals surface area contributed by atoms with Crippen molar-refractivity contribution in [3.05, 3.63) is 42.5 Å². The van der Waals surface area contributed by atoms with Gasteiger partial charge in [-0.1, -0.05) is 24.8 Å². The van der Waals surface area contributed by atoms with Gasteiger partial charge in [0.25, 0.3) is 0 Å². The summed E-state index contributed by atoms with van der Waals surface area (Å²) in [5, 5.41) is 0. The summed E-state index contributed by atoms with van der Waals surface area (Å²) in [7, 11) is 0. The first-order chi connectivity index (χ1) is 8.78. The fraction of sp³-hybridized carbons (Fsp3) is 0.467. The molecule has 0 unspecified atom stereocenters. The van der Waals surface area contributed by atoms with Crippen LogP contribution >= 0.6 is 0 Å². The van der Waals surface area contributed by atoms with Crippen molar-refractivity contribution in [1.29, 1.82) is 0 Å². The van der Waals surface area contributed by atoms with E-state index in [1.165, 1.54) is 5.56 Å². The third-order valence-corrected chi connectivity index (χ3v) is 3.33. The van der Waals surface area contributed by atoms with Crippen LogP contribution < -0.4 is 10.5 Å². The fourth-order valence-electron chi connectivity index (χ4n) is 2.22. The molecule has 0 aliphatic carbocycles. The van der Waals surface area contributed by atoms with E-state index in [-0.39, 0.29) is 0 Å². The van der Waals surface area contributed by atoms with Gasteiger partial charge in [-0.15, -0.1) is 0 Å². The molecule has 2 N–H and O–H groups in total. The van der Waals surface area contributed by atoms with Crippen molar-refractivity contribution in [2.24, 2.45) is 5.73 Å². The number of ether oxygens (including phenoxy) is 1. The van der Waals surface area contributed by atoms with E-state index < -0.39 is 0 Å². The van der Waals surface area contributed by atoms with E-state index in [2.05, 4.69) is 23.6 Å². The van der Waals surface area contributed by atoms with E-state index in [1.807, 2.05) is 12.1 Å². The summed E-state index contributed by atoms with van der Waals surface area (Å²) >= 11 is 0. The third-order valence-electron chi connectivity index (χ3n) is 3.33. The normalized spacial score (nSPS) is 17.6. The smallest absolute Gasteiger partial charge is 0.119 e. The van der Waals surface area contributed by atoms with Crippen molar-refractivity contribution in [2.45, 2.75) is 25.4 Å². The van der Waals surface area contributed by atoms with Crippen molar-refractivity contribution in [1.82, 2.24) is 4.90 Å². The van der Waals surface area contributed by atoms with Crippen molar-refractivity contribution in [3.8, 4) is 5.75 Å². The average molecular weight is 246 g/mol. The molecule has 1 saturated heterocycles. The quantitative estimate of drug-likeness (QED) is 0.809. The summed E-state index contributed by atoms with van der Waals surface area (Å²) in [4.78, 5) is 2.46. The predicted molar refractivity (Wildman–Crippen MR) is 74.6 cm³/mol. The van der Waals surface area contributed by atoms with Gasteiger partial charge in [0.1, 0.15) is 12.4 Å². The summed E-state index contributed by atoms with van der Waals surface area (Å²) in [5.41, 5.74) is 7.24. The maximum Gasteiger partial charge on any atom is 0.119 e. The summed E-state index contributed by atoms with van der Waals surface area (Å²) in [6.07, 6.45) is 3.98. The van der Waals surface area contributed by atoms with Crippen LogP contribution in [-0.4, -0.2) is 30.6 Å². The first-order valence-electron chi connectivity index (χ1n) is 6.58. The van der Waals surface area contributed by atoms with Gasteiger partial charge >= 0.3 is 0 Å². The molecule has 3 nitrogen and oxygen atoms in total. The van der Waals surface area contributed by atoms with Gasteiger partial charge in [-0.25, -0.2) is 0 Å². The molecule has 3 heteroatoms. The zero-order valence-corrected chi connectivity index (χ0v) is 10.8. The SMILES string of the molecule is C=CCOc1ccc(CN2CCC(N)CC2)cc1. The van der Waals surface area contributed by atoms with Crippen LogP contribution in [0.15, 0.2) is 36.9 Å². The Hall–Kier alpha value is -1.32. The highest BCUT2D eigenvalue weighted by molar-refractivity contribution is 5.27. The largest absolute Gasteiger partial charge is 0.490 e. The Bertz CT molecular complexity index is 367. The van der Waals surface area contributed by atoms with Crippen LogP contribution in [0.4, 0.5) is 0 Å². The zero-order valence-electron chi connectivity index (χ0n) is 10.8. The molecule has 2 rings (SSSR count). The van der Waals surface area contributed by atoms with Gasteiger partial charge in [0.2, 0.25) is 0 Å². The van der Waals surface area contributed by atoms with Gasteiger partial charge in [0, 0.05) is 12.6 Å². The Labute approximate surface area is 109 Å². The summed E-state index contributed by atoms with van der Waals surface area (Å²) in [5.74, 6) is 0.902. The van der Waals surface area contributed by atoms with Crippen LogP contribution in [0.25, 0.3) is 0 Å². The second kappa shape index (κ2) is 6.57. The maximum absolute atomic E-state index is 5.91. The van der Waals surface area contributed by atoms with E-state index in [0.717, 1.165) is 38.2 Å². The molecule has 1 aromatic rings. The van der Waals surface area contributed by atoms with Gasteiger partial charge in [0.15, 0.2) is 0 Å². The molecule has 18 heavy (non-hydrogen) atoms. The van der Waals surface area contributed by atoms with E-state index in [0.29, 0.717) is 12.6 Å². The number of hydrogen-bond acceptors (Lipinski definition) is 3. The fourth-order valence-corrected chi connectivity index (χ4v) is 2.22. The molecule has 0 aromatic heterocycles. The average Bonchev–Trinajstić information content (AvgIpc) is 2.41. The minimum atomic E-state index is 0.399. The summed E-state index contributed by atoms with van der Waals surface area (Å²) in [6.45, 7) is 7.42. The standard InChI is InChI=1S/C15H22N2O/c1-2-11-18-15-5-3-13(4-6-15)12-17-9-7-14(16)8-10-17/h2-6,14H,1,7-12,16H2. The lowest BCUT2D eigenvalue weighted by molar-refractivity contribution is 0.205. The number of benzene rings is 1. The zero-order chi connectivity index (χ0) is 12.8. The molecule has 0 saturated carbocycles. The monoisotopic (exact) mass is 246 g/mol. The minimum Gasteiger partial charge on any atom is -0.490 e. The third kappa shape index (κ3) is 3.86. The molecule has 1 aliphatic rings. The Morgan fingerprint density at radius 1 is 1.28 bits per heavy atom. The van der Waals surface area contributed by atoms with E-state index in [9.17, 15) is 0 Å². The molecule has 1 aliphatic heterocycles. The van der Waals surface area contributed by atoms with E-state index >= 15 is 0 Å². The lowest BCUT2D eigenvalue weighted by atomic mass is 10.1. The van der Waals surface area contributed by atoms with Crippen LogP contribution in [-0.2, 0) is 6.54 Å². The molecule has 98 valence electrons. The lowest BCUT2D eigenvalue weighted by Gasteiger charge is -2.30. The molecular weight excluding hydrogens is 224 g/mol. The molecular formula is C15H22N2O. The molecule has 0 atom stereocenters. The number of hydrogen-bond donors (Lipinski definition) is 1. The van der Waals surface area contributed by atoms with Gasteiger partial charge in [-0.05, 0) is 43.6 Å². The van der Waals surface area contributed by atoms with Crippen molar-refractivity contribution < 1.29 is 4.74 Å². The molecule has 0 bridgehead atoms. The Morgan fingerprint density at radius 2 is 1.94 bits per heavy atom. The molecule has 1 heterocycles. The molecule has 0 spiro atoms. The second-order valence-corrected chi connectivity index (χ2v) is 4.86. The predicted octanol–water partition coefficient (Wildman–Crippen LogP) is 2.17. The van der Waals surface area contributed by atoms with Crippen LogP contribution in [0.1, 0.15) is 18.4 Å². The highest BCUT2D eigenvalue weighted by Gasteiger charge is 2.15. The second-order valence-electron chi connectivity index (χ2n) is 4.86. The van der Waals surface area contributed by atoms with Crippen LogP contribution in [0.5, 0.6) is 5.75 Å². The summed E-state index contributed by atoms with van der Waals surface area (Å²) in [6, 6.07) is 8.71. The molecule has 1 aromatic carbocycles. The highest BCUT2D eigenvalue weighted by Crippen LogP contribution is 2.16. The van der Waals surface area contributed by atoms with Crippen molar-refractivity contribution in [3.63, 3.8) is 0 Å². The van der Waals surface area contributed by atoms with Crippen LogP contribution in [0.2, 0.25) is 0 Å². The number of nitrogens with zero attached hydrogens (tertiary/aromatic N) is 1. The number of nitrogens with two attached hydrogens (primary N) is 1. The van der Waals surface area contributed by atoms with Gasteiger partial charge in [-0.2, -0.15) is 0 Å². The van der Waals surface area contributed by atoms with Crippen molar-refractivity contribution >= 4 is 0 Å². The Morgan fingerprint density at radius 3 is 2.56 bits per heavy atom. The van der Waals surface area contributed by atoms with Crippen LogP contribution in [0, 0.1) is 0 Å². The first kappa shape index (κ1) is 13.1. The number of piperidine rings is 1. The van der Waals surface area contributed by atoms with Crippen molar-refractivity contribution in [2.75, 3.05) is 19.7 Å². The molecule has 1 fully saturated rings. The number of likely N-dealkylation sites (tertiary alicyclic amines) is 1. The van der Waals surface area contributed by atoms with E-state index in [4.69, 9.17) is 10.5 Å². The Balaban J connectivity index is 1.84. The number of rotatable bonds is 5.